The molecule has 2 aromatic carbocycles. The van der Waals surface area contributed by atoms with Gasteiger partial charge in [-0.2, -0.15) is 8.42 Å². The molecule has 2 atom stereocenters. The van der Waals surface area contributed by atoms with Crippen molar-refractivity contribution in [3.63, 3.8) is 0 Å². The normalized spacial score (nSPS) is 14.7. The smallest absolute Gasteiger partial charge is 0.422 e. The van der Waals surface area contributed by atoms with E-state index in [-0.39, 0.29) is 54.2 Å². The number of hydrogen-bond acceptors (Lipinski definition) is 10. The molecule has 298 valence electrons. The molecule has 1 unspecified atom stereocenters. The summed E-state index contributed by atoms with van der Waals surface area (Å²) < 4.78 is 68.7. The Morgan fingerprint density at radius 1 is 1.09 bits per heavy atom. The second-order valence-electron chi connectivity index (χ2n) is 14.8. The average molecular weight is 779 g/mol. The van der Waals surface area contributed by atoms with Crippen LogP contribution >= 0.6 is 0 Å². The highest BCUT2D eigenvalue weighted by atomic mass is 32.2. The number of esters is 1. The van der Waals surface area contributed by atoms with E-state index in [2.05, 4.69) is 6.58 Å². The quantitative estimate of drug-likeness (QED) is 0.116. The van der Waals surface area contributed by atoms with Crippen molar-refractivity contribution in [2.24, 2.45) is 5.92 Å². The lowest BCUT2D eigenvalue weighted by molar-refractivity contribution is -0.152. The van der Waals surface area contributed by atoms with Gasteiger partial charge in [-0.1, -0.05) is 63.3 Å². The summed E-state index contributed by atoms with van der Waals surface area (Å²) >= 11 is 0. The molecule has 2 aromatic rings. The number of benzene rings is 2. The largest absolute Gasteiger partial charge is 0.487 e. The zero-order valence-electron chi connectivity index (χ0n) is 32.0. The first kappa shape index (κ1) is 43.3. The Labute approximate surface area is 316 Å². The highest BCUT2D eigenvalue weighted by Crippen LogP contribution is 2.45. The van der Waals surface area contributed by atoms with Crippen molar-refractivity contribution in [1.82, 2.24) is 9.62 Å². The highest BCUT2D eigenvalue weighted by molar-refractivity contribution is 7.91. The summed E-state index contributed by atoms with van der Waals surface area (Å²) in [6.45, 7) is 15.2. The SMILES string of the molecule is C=CCOC(=O)NS(=O)(=O)N(CC(=O)OC(C)(C)C)c1c(OCc2ccccc2)cc2c(c1F)C[C@H](CN(CC(C)CC)C(=O)OC(C)(C)C)N2C(=O)O. The third kappa shape index (κ3) is 12.0. The highest BCUT2D eigenvalue weighted by Gasteiger charge is 2.43. The molecule has 17 heteroatoms. The molecule has 0 saturated carbocycles. The number of halogens is 1. The van der Waals surface area contributed by atoms with E-state index in [0.29, 0.717) is 12.0 Å². The summed E-state index contributed by atoms with van der Waals surface area (Å²) in [5, 5.41) is 10.5. The van der Waals surface area contributed by atoms with Crippen LogP contribution in [0.3, 0.4) is 0 Å². The van der Waals surface area contributed by atoms with Crippen molar-refractivity contribution in [3.05, 3.63) is 66.0 Å². The molecule has 1 aliphatic rings. The maximum absolute atomic E-state index is 17.2. The molecule has 3 rings (SSSR count). The predicted octanol–water partition coefficient (Wildman–Crippen LogP) is 6.40. The van der Waals surface area contributed by atoms with Crippen LogP contribution < -0.4 is 18.7 Å². The van der Waals surface area contributed by atoms with Gasteiger partial charge in [0.2, 0.25) is 0 Å². The van der Waals surface area contributed by atoms with Gasteiger partial charge < -0.3 is 29.0 Å². The molecule has 0 radical (unpaired) electrons. The van der Waals surface area contributed by atoms with Crippen molar-refractivity contribution >= 4 is 45.8 Å². The van der Waals surface area contributed by atoms with Gasteiger partial charge in [0.05, 0.1) is 11.7 Å². The third-order valence-corrected chi connectivity index (χ3v) is 9.20. The standard InChI is InChI=1S/C37H51FN4O11S/c1-10-17-50-33(44)39-54(48,49)41(22-30(43)52-36(4,5)6)32-29(51-23-25-15-13-12-14-16-25)19-28-27(31(32)38)18-26(42(28)34(45)46)21-40(20-24(3)11-2)35(47)53-37(7,8)9/h10,12-16,19,24,26H,1,11,17-18,20-23H2,2-9H3,(H,39,44)(H,45,46)/t24?,26-/m1/s1. The van der Waals surface area contributed by atoms with Crippen LogP contribution in [0.5, 0.6) is 5.75 Å². The third-order valence-electron chi connectivity index (χ3n) is 7.88. The molecule has 0 aliphatic carbocycles. The van der Waals surface area contributed by atoms with Gasteiger partial charge in [0.25, 0.3) is 0 Å². The van der Waals surface area contributed by atoms with E-state index in [1.807, 2.05) is 13.8 Å². The van der Waals surface area contributed by atoms with E-state index in [0.717, 1.165) is 11.0 Å². The first-order valence-electron chi connectivity index (χ1n) is 17.4. The van der Waals surface area contributed by atoms with Gasteiger partial charge in [-0.15, -0.1) is 0 Å². The van der Waals surface area contributed by atoms with Crippen molar-refractivity contribution in [2.75, 3.05) is 35.4 Å². The lowest BCUT2D eigenvalue weighted by atomic mass is 10.1. The number of hydrogen-bond donors (Lipinski definition) is 2. The molecule has 0 fully saturated rings. The van der Waals surface area contributed by atoms with E-state index in [4.69, 9.17) is 18.9 Å². The molecular weight excluding hydrogens is 727 g/mol. The Bertz CT molecular complexity index is 1790. The molecule has 1 aliphatic heterocycles. The fourth-order valence-corrected chi connectivity index (χ4v) is 6.53. The Hall–Kier alpha value is -5.06. The first-order chi connectivity index (χ1) is 25.1. The molecule has 15 nitrogen and oxygen atoms in total. The lowest BCUT2D eigenvalue weighted by Gasteiger charge is -2.33. The number of carbonyl (C=O) groups is 4. The summed E-state index contributed by atoms with van der Waals surface area (Å²) in [5.41, 5.74) is -2.57. The number of fused-ring (bicyclic) bond motifs is 1. The summed E-state index contributed by atoms with van der Waals surface area (Å²) in [6, 6.07) is 8.67. The van der Waals surface area contributed by atoms with Gasteiger partial charge in [0.1, 0.15) is 42.4 Å². The Morgan fingerprint density at radius 3 is 2.28 bits per heavy atom. The zero-order valence-corrected chi connectivity index (χ0v) is 32.8. The second-order valence-corrected chi connectivity index (χ2v) is 16.4. The van der Waals surface area contributed by atoms with Crippen LogP contribution in [0, 0.1) is 11.7 Å². The molecule has 54 heavy (non-hydrogen) atoms. The van der Waals surface area contributed by atoms with Gasteiger partial charge in [0, 0.05) is 31.1 Å². The number of rotatable bonds is 15. The first-order valence-corrected chi connectivity index (χ1v) is 18.8. The number of ether oxygens (including phenoxy) is 4. The monoisotopic (exact) mass is 778 g/mol. The maximum Gasteiger partial charge on any atom is 0.422 e. The van der Waals surface area contributed by atoms with Crippen LogP contribution in [0.15, 0.2) is 49.1 Å². The zero-order chi connectivity index (χ0) is 40.6. The molecule has 0 spiro atoms. The topological polar surface area (TPSA) is 181 Å². The van der Waals surface area contributed by atoms with Gasteiger partial charge in [0.15, 0.2) is 5.82 Å². The van der Waals surface area contributed by atoms with E-state index < -0.39 is 75.5 Å². The minimum Gasteiger partial charge on any atom is -0.487 e. The Balaban J connectivity index is 2.25. The van der Waals surface area contributed by atoms with Gasteiger partial charge in [-0.3, -0.25) is 9.69 Å². The summed E-state index contributed by atoms with van der Waals surface area (Å²) in [6.07, 6.45) is -2.03. The maximum atomic E-state index is 17.2. The van der Waals surface area contributed by atoms with E-state index in [1.165, 1.54) is 11.0 Å². The average Bonchev–Trinajstić information content (AvgIpc) is 3.42. The van der Waals surface area contributed by atoms with Crippen LogP contribution in [-0.4, -0.2) is 86.2 Å². The van der Waals surface area contributed by atoms with Crippen LogP contribution in [0.4, 0.5) is 30.1 Å². The van der Waals surface area contributed by atoms with Crippen molar-refractivity contribution < 1.29 is 56.0 Å². The van der Waals surface area contributed by atoms with E-state index in [9.17, 15) is 32.7 Å². The van der Waals surface area contributed by atoms with Crippen molar-refractivity contribution in [3.8, 4) is 5.75 Å². The van der Waals surface area contributed by atoms with E-state index >= 15 is 4.39 Å². The van der Waals surface area contributed by atoms with Crippen LogP contribution in [0.1, 0.15) is 72.9 Å². The number of carboxylic acid groups (broad SMARTS) is 1. The minimum absolute atomic E-state index is 0.00167. The molecular formula is C37H51FN4O11S. The number of nitrogens with zero attached hydrogens (tertiary/aromatic N) is 3. The molecule has 2 N–H and O–H groups in total. The van der Waals surface area contributed by atoms with Crippen LogP contribution in [0.25, 0.3) is 0 Å². The van der Waals surface area contributed by atoms with Gasteiger partial charge >= 0.3 is 34.5 Å². The fraction of sp³-hybridized carbons (Fsp3) is 0.514. The minimum atomic E-state index is -5.15. The fourth-order valence-electron chi connectivity index (χ4n) is 5.47. The summed E-state index contributed by atoms with van der Waals surface area (Å²) in [7, 11) is -5.15. The van der Waals surface area contributed by atoms with Crippen molar-refractivity contribution in [1.29, 1.82) is 0 Å². The van der Waals surface area contributed by atoms with Crippen molar-refractivity contribution in [2.45, 2.75) is 92.1 Å². The summed E-state index contributed by atoms with van der Waals surface area (Å²) in [4.78, 5) is 54.2. The molecule has 3 amide bonds. The number of anilines is 2. The Kier molecular flexibility index (Phi) is 14.3. The molecule has 0 bridgehead atoms. The molecule has 1 heterocycles. The van der Waals surface area contributed by atoms with Crippen LogP contribution in [-0.2, 0) is 42.2 Å². The van der Waals surface area contributed by atoms with Gasteiger partial charge in [-0.25, -0.2) is 27.8 Å². The second kappa shape index (κ2) is 17.8. The van der Waals surface area contributed by atoms with Gasteiger partial charge in [-0.05, 0) is 53.0 Å². The Morgan fingerprint density at radius 2 is 1.72 bits per heavy atom. The number of amides is 3. The van der Waals surface area contributed by atoms with Crippen LogP contribution in [0.2, 0.25) is 0 Å². The lowest BCUT2D eigenvalue weighted by Crippen LogP contribution is -2.49. The predicted molar refractivity (Wildman–Crippen MR) is 199 cm³/mol. The number of carbonyl (C=O) groups excluding carboxylic acids is 3. The molecule has 0 aromatic heterocycles. The number of nitrogens with one attached hydrogen (secondary N) is 1. The summed E-state index contributed by atoms with van der Waals surface area (Å²) in [5.74, 6) is -2.83. The molecule has 0 saturated heterocycles. The van der Waals surface area contributed by atoms with E-state index in [1.54, 1.807) is 76.6 Å².